The van der Waals surface area contributed by atoms with E-state index < -0.39 is 10.4 Å². The molecule has 0 fully saturated rings. The van der Waals surface area contributed by atoms with Crippen molar-refractivity contribution < 1.29 is 76.6 Å². The van der Waals surface area contributed by atoms with E-state index >= 15 is 0 Å². The van der Waals surface area contributed by atoms with Gasteiger partial charge in [-0.05, 0) is 0 Å². The van der Waals surface area contributed by atoms with Crippen LogP contribution in [0.25, 0.3) is 0 Å². The summed E-state index contributed by atoms with van der Waals surface area (Å²) in [5, 5.41) is 0. The average Bonchev–Trinajstić information content (AvgIpc) is 0.722. The third-order valence-electron chi connectivity index (χ3n) is 0. The van der Waals surface area contributed by atoms with Gasteiger partial charge in [-0.1, -0.05) is 0 Å². The summed E-state index contributed by atoms with van der Waals surface area (Å²) in [5.74, 6) is 0. The second-order valence-corrected chi connectivity index (χ2v) is 1.34. The van der Waals surface area contributed by atoms with Gasteiger partial charge in [0.2, 0.25) is 0 Å². The van der Waals surface area contributed by atoms with Gasteiger partial charge in [-0.2, -0.15) is 8.42 Å². The van der Waals surface area contributed by atoms with Crippen LogP contribution < -0.4 is 59.1 Å². The maximum absolute atomic E-state index is 8.74. The van der Waals surface area contributed by atoms with Crippen LogP contribution in [0.1, 0.15) is 0 Å². The zero-order valence-corrected chi connectivity index (χ0v) is 10.2. The summed E-state index contributed by atoms with van der Waals surface area (Å²) in [6.07, 6.45) is 0. The van der Waals surface area contributed by atoms with E-state index in [0.717, 1.165) is 0 Å². The standard InChI is InChI=1S/2Na.H2O4S.S/c;;1-5(2,3)4;/h;;(H2,1,2,3,4);/q2*+1;;-2. The Morgan fingerprint density at radius 3 is 1.00 bits per heavy atom. The van der Waals surface area contributed by atoms with Crippen LogP contribution in [0.5, 0.6) is 0 Å². The van der Waals surface area contributed by atoms with E-state index in [4.69, 9.17) is 17.5 Å². The van der Waals surface area contributed by atoms with Crippen molar-refractivity contribution in [3.05, 3.63) is 0 Å². The summed E-state index contributed by atoms with van der Waals surface area (Å²) in [6.45, 7) is 0. The van der Waals surface area contributed by atoms with Crippen LogP contribution in [0.15, 0.2) is 0 Å². The number of rotatable bonds is 0. The molecule has 0 heterocycles. The number of hydrogen-bond acceptors (Lipinski definition) is 2. The molecule has 0 aliphatic heterocycles. The van der Waals surface area contributed by atoms with Gasteiger partial charge in [0.25, 0.3) is 0 Å². The summed E-state index contributed by atoms with van der Waals surface area (Å²) in [7, 11) is -4.67. The molecule has 0 aromatic heterocycles. The molecular formula is H2Na2O4S2. The minimum Gasteiger partial charge on any atom is -2.00 e. The molecular weight excluding hydrogens is 174 g/mol. The monoisotopic (exact) mass is 176 g/mol. The van der Waals surface area contributed by atoms with Gasteiger partial charge < -0.3 is 13.5 Å². The van der Waals surface area contributed by atoms with E-state index in [2.05, 4.69) is 0 Å². The SMILES string of the molecule is O=S(=O)(O)O.[Na+].[Na+].[S-2]. The van der Waals surface area contributed by atoms with Crippen molar-refractivity contribution >= 4 is 23.9 Å². The molecule has 0 radical (unpaired) electrons. The largest absolute Gasteiger partial charge is 2.00 e. The average molecular weight is 176 g/mol. The van der Waals surface area contributed by atoms with Crippen LogP contribution in [-0.2, 0) is 23.9 Å². The second-order valence-electron chi connectivity index (χ2n) is 0.448. The van der Waals surface area contributed by atoms with Crippen molar-refractivity contribution in [2.75, 3.05) is 0 Å². The van der Waals surface area contributed by atoms with E-state index in [0.29, 0.717) is 0 Å². The Morgan fingerprint density at radius 1 is 1.00 bits per heavy atom. The summed E-state index contributed by atoms with van der Waals surface area (Å²) in [4.78, 5) is 0. The quantitative estimate of drug-likeness (QED) is 0.284. The van der Waals surface area contributed by atoms with Crippen molar-refractivity contribution in [3.63, 3.8) is 0 Å². The topological polar surface area (TPSA) is 74.6 Å². The normalized spacial score (nSPS) is 7.25. The maximum Gasteiger partial charge on any atom is 1.00 e. The molecule has 0 saturated carbocycles. The minimum atomic E-state index is -4.67. The Hall–Kier alpha value is 2.22. The Morgan fingerprint density at radius 2 is 1.00 bits per heavy atom. The molecule has 0 saturated heterocycles. The zero-order valence-electron chi connectivity index (χ0n) is 4.53. The van der Waals surface area contributed by atoms with Gasteiger partial charge in [-0.15, -0.1) is 0 Å². The Bertz CT molecular complexity index is 95.2. The van der Waals surface area contributed by atoms with E-state index in [-0.39, 0.29) is 72.6 Å². The second kappa shape index (κ2) is 9.22. The van der Waals surface area contributed by atoms with Gasteiger partial charge in [0.05, 0.1) is 0 Å². The molecule has 4 nitrogen and oxygen atoms in total. The van der Waals surface area contributed by atoms with E-state index in [1.54, 1.807) is 0 Å². The molecule has 8 heteroatoms. The van der Waals surface area contributed by atoms with Crippen molar-refractivity contribution in [3.8, 4) is 0 Å². The first kappa shape index (κ1) is 22.5. The summed E-state index contributed by atoms with van der Waals surface area (Å²) in [6, 6.07) is 0. The van der Waals surface area contributed by atoms with Gasteiger partial charge in [0.15, 0.2) is 0 Å². The molecule has 0 atom stereocenters. The van der Waals surface area contributed by atoms with E-state index in [1.807, 2.05) is 0 Å². The van der Waals surface area contributed by atoms with Crippen LogP contribution >= 0.6 is 0 Å². The van der Waals surface area contributed by atoms with Gasteiger partial charge >= 0.3 is 69.5 Å². The van der Waals surface area contributed by atoms with Gasteiger partial charge in [0.1, 0.15) is 0 Å². The molecule has 0 amide bonds. The summed E-state index contributed by atoms with van der Waals surface area (Å²) >= 11 is 0. The molecule has 8 heavy (non-hydrogen) atoms. The maximum atomic E-state index is 8.74. The first-order valence-corrected chi connectivity index (χ1v) is 2.10. The zero-order chi connectivity index (χ0) is 4.50. The van der Waals surface area contributed by atoms with Gasteiger partial charge in [-0.25, -0.2) is 0 Å². The van der Waals surface area contributed by atoms with Crippen molar-refractivity contribution in [1.82, 2.24) is 0 Å². The third-order valence-corrected chi connectivity index (χ3v) is 0. The van der Waals surface area contributed by atoms with Crippen LogP contribution in [0, 0.1) is 0 Å². The van der Waals surface area contributed by atoms with Gasteiger partial charge in [0, 0.05) is 0 Å². The predicted octanol–water partition coefficient (Wildman–Crippen LogP) is -6.65. The van der Waals surface area contributed by atoms with E-state index in [1.165, 1.54) is 0 Å². The molecule has 0 aliphatic rings. The Balaban J connectivity index is -0.0000000267. The third kappa shape index (κ3) is 86.9. The van der Waals surface area contributed by atoms with E-state index in [9.17, 15) is 0 Å². The van der Waals surface area contributed by atoms with Crippen LogP contribution in [0.2, 0.25) is 0 Å². The van der Waals surface area contributed by atoms with Gasteiger partial charge in [-0.3, -0.25) is 9.11 Å². The molecule has 0 aromatic rings. The fourth-order valence-electron chi connectivity index (χ4n) is 0. The Labute approximate surface area is 99.0 Å². The van der Waals surface area contributed by atoms with Crippen molar-refractivity contribution in [2.24, 2.45) is 0 Å². The molecule has 0 spiro atoms. The molecule has 0 bridgehead atoms. The summed E-state index contributed by atoms with van der Waals surface area (Å²) in [5.41, 5.74) is 0. The smallest absolute Gasteiger partial charge is 1.00 e. The minimum absolute atomic E-state index is 0. The first-order valence-electron chi connectivity index (χ1n) is 0.698. The number of hydrogen-bond donors (Lipinski definition) is 2. The molecule has 2 N–H and O–H groups in total. The van der Waals surface area contributed by atoms with Crippen LogP contribution in [-0.4, -0.2) is 17.5 Å². The van der Waals surface area contributed by atoms with Crippen molar-refractivity contribution in [1.29, 1.82) is 0 Å². The van der Waals surface area contributed by atoms with Crippen LogP contribution in [0.3, 0.4) is 0 Å². The van der Waals surface area contributed by atoms with Crippen LogP contribution in [0.4, 0.5) is 0 Å². The predicted molar refractivity (Wildman–Crippen MR) is 21.5 cm³/mol. The molecule has 0 aliphatic carbocycles. The van der Waals surface area contributed by atoms with Crippen molar-refractivity contribution in [2.45, 2.75) is 0 Å². The summed E-state index contributed by atoms with van der Waals surface area (Å²) < 4.78 is 31.6. The fourth-order valence-corrected chi connectivity index (χ4v) is 0. The molecule has 40 valence electrons. The molecule has 0 unspecified atom stereocenters. The fraction of sp³-hybridized carbons (Fsp3) is 0. The molecule has 0 aromatic carbocycles. The molecule has 0 rings (SSSR count). The Kier molecular flexibility index (Phi) is 25.9. The first-order chi connectivity index (χ1) is 2.00.